The Balaban J connectivity index is 2.08. The van der Waals surface area contributed by atoms with E-state index in [1.54, 1.807) is 12.4 Å². The number of hydrogen-bond acceptors (Lipinski definition) is 3. The zero-order valence-electron chi connectivity index (χ0n) is 11.8. The largest absolute Gasteiger partial charge is 0.390 e. The van der Waals surface area contributed by atoms with Gasteiger partial charge in [-0.2, -0.15) is 0 Å². The predicted octanol–water partition coefficient (Wildman–Crippen LogP) is 3.11. The van der Waals surface area contributed by atoms with Crippen molar-refractivity contribution in [2.24, 2.45) is 0 Å². The summed E-state index contributed by atoms with van der Waals surface area (Å²) in [5.74, 6) is 0. The van der Waals surface area contributed by atoms with Crippen molar-refractivity contribution in [1.82, 2.24) is 4.98 Å². The van der Waals surface area contributed by atoms with Gasteiger partial charge in [-0.05, 0) is 37.5 Å². The van der Waals surface area contributed by atoms with Crippen LogP contribution in [0.15, 0.2) is 24.5 Å². The van der Waals surface area contributed by atoms with Crippen LogP contribution >= 0.6 is 0 Å². The van der Waals surface area contributed by atoms with E-state index < -0.39 is 6.10 Å². The van der Waals surface area contributed by atoms with Gasteiger partial charge in [0.15, 0.2) is 0 Å². The second-order valence-electron chi connectivity index (χ2n) is 5.49. The average molecular weight is 263 g/mol. The molecule has 3 heteroatoms. The van der Waals surface area contributed by atoms with Crippen LogP contribution in [0.2, 0.25) is 0 Å². The van der Waals surface area contributed by atoms with Gasteiger partial charge in [0.25, 0.3) is 0 Å². The number of aliphatic hydroxyl groups excluding tert-OH is 1. The highest BCUT2D eigenvalue weighted by atomic mass is 16.5. The van der Waals surface area contributed by atoms with Gasteiger partial charge in [-0.1, -0.05) is 25.7 Å². The van der Waals surface area contributed by atoms with Crippen LogP contribution in [0.4, 0.5) is 0 Å². The lowest BCUT2D eigenvalue weighted by atomic mass is 9.85. The van der Waals surface area contributed by atoms with E-state index in [2.05, 4.69) is 4.98 Å². The molecule has 3 nitrogen and oxygen atoms in total. The van der Waals surface area contributed by atoms with Crippen molar-refractivity contribution in [2.45, 2.75) is 63.6 Å². The Bertz CT molecular complexity index is 358. The smallest absolute Gasteiger partial charge is 0.0943 e. The highest BCUT2D eigenvalue weighted by molar-refractivity contribution is 5.12. The summed E-state index contributed by atoms with van der Waals surface area (Å²) in [6.07, 6.45) is 10.6. The molecule has 0 aromatic carbocycles. The molecule has 1 aliphatic carbocycles. The summed E-state index contributed by atoms with van der Waals surface area (Å²) in [6.45, 7) is 2.69. The summed E-state index contributed by atoms with van der Waals surface area (Å²) >= 11 is 0. The molecule has 1 fully saturated rings. The van der Waals surface area contributed by atoms with E-state index in [4.69, 9.17) is 4.74 Å². The third-order valence-corrected chi connectivity index (χ3v) is 4.17. The molecule has 1 aromatic heterocycles. The van der Waals surface area contributed by atoms with Gasteiger partial charge >= 0.3 is 0 Å². The molecule has 1 N–H and O–H groups in total. The number of hydrogen-bond donors (Lipinski definition) is 1. The Morgan fingerprint density at radius 3 is 2.42 bits per heavy atom. The molecule has 1 unspecified atom stereocenters. The molecular formula is C16H25NO2. The van der Waals surface area contributed by atoms with Crippen molar-refractivity contribution in [2.75, 3.05) is 6.61 Å². The van der Waals surface area contributed by atoms with Crippen LogP contribution in [0.5, 0.6) is 0 Å². The molecule has 1 atom stereocenters. The maximum atomic E-state index is 10.7. The maximum Gasteiger partial charge on any atom is 0.0943 e. The number of pyridine rings is 1. The molecular weight excluding hydrogens is 238 g/mol. The normalized spacial score (nSPS) is 20.7. The minimum Gasteiger partial charge on any atom is -0.390 e. The zero-order valence-corrected chi connectivity index (χ0v) is 11.8. The summed E-state index contributed by atoms with van der Waals surface area (Å²) in [7, 11) is 0. The van der Waals surface area contributed by atoms with Gasteiger partial charge in [0, 0.05) is 25.4 Å². The Morgan fingerprint density at radius 1 is 1.21 bits per heavy atom. The monoisotopic (exact) mass is 263 g/mol. The summed E-state index contributed by atoms with van der Waals surface area (Å²) in [4.78, 5) is 4.02. The first kappa shape index (κ1) is 14.5. The first-order valence-corrected chi connectivity index (χ1v) is 7.48. The molecule has 0 spiro atoms. The van der Waals surface area contributed by atoms with Crippen LogP contribution in [0.25, 0.3) is 0 Å². The third-order valence-electron chi connectivity index (χ3n) is 4.17. The van der Waals surface area contributed by atoms with Gasteiger partial charge in [0.2, 0.25) is 0 Å². The van der Waals surface area contributed by atoms with Gasteiger partial charge in [-0.3, -0.25) is 4.98 Å². The van der Waals surface area contributed by atoms with Crippen LogP contribution in [0.3, 0.4) is 0 Å². The number of aliphatic hydroxyl groups is 1. The molecule has 106 valence electrons. The quantitative estimate of drug-likeness (QED) is 0.830. The Labute approximate surface area is 116 Å². The highest BCUT2D eigenvalue weighted by Gasteiger charge is 2.38. The molecule has 0 radical (unpaired) electrons. The second-order valence-corrected chi connectivity index (χ2v) is 5.49. The van der Waals surface area contributed by atoms with Gasteiger partial charge in [0.05, 0.1) is 11.7 Å². The molecule has 2 rings (SSSR count). The fraction of sp³-hybridized carbons (Fsp3) is 0.688. The predicted molar refractivity (Wildman–Crippen MR) is 76.0 cm³/mol. The summed E-state index contributed by atoms with van der Waals surface area (Å²) in [5, 5.41) is 10.7. The second kappa shape index (κ2) is 7.01. The number of ether oxygens (including phenoxy) is 1. The van der Waals surface area contributed by atoms with E-state index in [1.165, 1.54) is 12.8 Å². The molecule has 1 aliphatic rings. The number of nitrogens with zero attached hydrogens (tertiary/aromatic N) is 1. The van der Waals surface area contributed by atoms with E-state index in [1.807, 2.05) is 19.1 Å². The minimum atomic E-state index is -0.423. The lowest BCUT2D eigenvalue weighted by Gasteiger charge is -2.37. The van der Waals surface area contributed by atoms with E-state index >= 15 is 0 Å². The molecule has 0 bridgehead atoms. The molecule has 19 heavy (non-hydrogen) atoms. The fourth-order valence-electron chi connectivity index (χ4n) is 3.12. The minimum absolute atomic E-state index is 0.339. The van der Waals surface area contributed by atoms with Crippen LogP contribution < -0.4 is 0 Å². The molecule has 0 saturated heterocycles. The SMILES string of the molecule is CCOC1(C(O)Cc2ccncc2)CCCCCC1. The van der Waals surface area contributed by atoms with E-state index in [-0.39, 0.29) is 5.60 Å². The van der Waals surface area contributed by atoms with Crippen LogP contribution in [-0.2, 0) is 11.2 Å². The molecule has 0 aliphatic heterocycles. The first-order valence-electron chi connectivity index (χ1n) is 7.48. The van der Waals surface area contributed by atoms with Crippen molar-refractivity contribution >= 4 is 0 Å². The average Bonchev–Trinajstić information content (AvgIpc) is 2.67. The van der Waals surface area contributed by atoms with Crippen LogP contribution in [0, 0.1) is 0 Å². The maximum absolute atomic E-state index is 10.7. The van der Waals surface area contributed by atoms with E-state index in [9.17, 15) is 5.11 Å². The third kappa shape index (κ3) is 3.77. The molecule has 1 heterocycles. The lowest BCUT2D eigenvalue weighted by Crippen LogP contribution is -2.46. The summed E-state index contributed by atoms with van der Waals surface area (Å²) in [6, 6.07) is 3.94. The highest BCUT2D eigenvalue weighted by Crippen LogP contribution is 2.34. The Morgan fingerprint density at radius 2 is 1.84 bits per heavy atom. The van der Waals surface area contributed by atoms with Crippen LogP contribution in [0.1, 0.15) is 51.0 Å². The summed E-state index contributed by atoms with van der Waals surface area (Å²) < 4.78 is 6.02. The van der Waals surface area contributed by atoms with Crippen molar-refractivity contribution in [3.63, 3.8) is 0 Å². The topological polar surface area (TPSA) is 42.4 Å². The van der Waals surface area contributed by atoms with Crippen LogP contribution in [-0.4, -0.2) is 28.4 Å². The van der Waals surface area contributed by atoms with Crippen molar-refractivity contribution in [3.05, 3.63) is 30.1 Å². The number of aromatic nitrogens is 1. The molecule has 0 amide bonds. The lowest BCUT2D eigenvalue weighted by molar-refractivity contribution is -0.128. The Kier molecular flexibility index (Phi) is 5.34. The van der Waals surface area contributed by atoms with Crippen molar-refractivity contribution in [3.8, 4) is 0 Å². The molecule has 1 aromatic rings. The van der Waals surface area contributed by atoms with Gasteiger partial charge in [0.1, 0.15) is 0 Å². The van der Waals surface area contributed by atoms with Gasteiger partial charge < -0.3 is 9.84 Å². The number of rotatable bonds is 5. The van der Waals surface area contributed by atoms with Crippen molar-refractivity contribution in [1.29, 1.82) is 0 Å². The first-order chi connectivity index (χ1) is 9.27. The zero-order chi connectivity index (χ0) is 13.6. The van der Waals surface area contributed by atoms with Crippen molar-refractivity contribution < 1.29 is 9.84 Å². The van der Waals surface area contributed by atoms with Gasteiger partial charge in [-0.25, -0.2) is 0 Å². The molecule has 1 saturated carbocycles. The fourth-order valence-corrected chi connectivity index (χ4v) is 3.12. The van der Waals surface area contributed by atoms with E-state index in [0.29, 0.717) is 13.0 Å². The van der Waals surface area contributed by atoms with Gasteiger partial charge in [-0.15, -0.1) is 0 Å². The summed E-state index contributed by atoms with van der Waals surface area (Å²) in [5.41, 5.74) is 0.792. The Hall–Kier alpha value is -0.930. The standard InChI is InChI=1S/C16H25NO2/c1-2-19-16(9-5-3-4-6-10-16)15(18)13-14-7-11-17-12-8-14/h7-8,11-12,15,18H,2-6,9-10,13H2,1H3. The van der Waals surface area contributed by atoms with E-state index in [0.717, 1.165) is 31.2 Å².